The van der Waals surface area contributed by atoms with Crippen LogP contribution in [0.1, 0.15) is 13.8 Å². The van der Waals surface area contributed by atoms with Gasteiger partial charge in [0.15, 0.2) is 0 Å². The first-order valence-electron chi connectivity index (χ1n) is 4.58. The Bertz CT molecular complexity index is 285. The first kappa shape index (κ1) is 11.3. The normalized spacial score (nSPS) is 12.8. The Morgan fingerprint density at radius 3 is 2.50 bits per heavy atom. The molecule has 78 valence electrons. The van der Waals surface area contributed by atoms with Gasteiger partial charge in [-0.05, 0) is 18.1 Å². The zero-order chi connectivity index (χ0) is 10.4. The third-order valence-corrected chi connectivity index (χ3v) is 2.28. The van der Waals surface area contributed by atoms with Crippen LogP contribution >= 0.6 is 8.25 Å². The Morgan fingerprint density at radius 1 is 1.29 bits per heavy atom. The van der Waals surface area contributed by atoms with Gasteiger partial charge in [0.2, 0.25) is 0 Å². The van der Waals surface area contributed by atoms with Crippen LogP contribution in [0.2, 0.25) is 0 Å². The Labute approximate surface area is 85.0 Å². The maximum absolute atomic E-state index is 11.3. The van der Waals surface area contributed by atoms with Crippen molar-refractivity contribution in [3.63, 3.8) is 0 Å². The summed E-state index contributed by atoms with van der Waals surface area (Å²) in [6.45, 7) is 4.46. The van der Waals surface area contributed by atoms with Gasteiger partial charge in [-0.2, -0.15) is 0 Å². The highest BCUT2D eigenvalue weighted by atomic mass is 31.1. The Hall–Kier alpha value is -0.790. The molecule has 0 saturated heterocycles. The molecule has 1 aromatic carbocycles. The highest BCUT2D eigenvalue weighted by Crippen LogP contribution is 2.27. The maximum atomic E-state index is 11.3. The molecular weight excluding hydrogens is 199 g/mol. The van der Waals surface area contributed by atoms with Crippen LogP contribution in [-0.4, -0.2) is 6.61 Å². The fourth-order valence-corrected chi connectivity index (χ4v) is 1.71. The molecule has 3 nitrogen and oxygen atoms in total. The van der Waals surface area contributed by atoms with E-state index in [4.69, 9.17) is 9.05 Å². The number of hydrogen-bond donors (Lipinski definition) is 0. The summed E-state index contributed by atoms with van der Waals surface area (Å²) in [4.78, 5) is 0. The molecule has 0 heterocycles. The molecule has 0 amide bonds. The number of hydrogen-bond acceptors (Lipinski definition) is 3. The van der Waals surface area contributed by atoms with Crippen LogP contribution < -0.4 is 4.52 Å². The molecule has 0 radical (unpaired) electrons. The fourth-order valence-electron chi connectivity index (χ4n) is 0.849. The molecule has 4 heteroatoms. The molecule has 0 fully saturated rings. The second kappa shape index (κ2) is 5.84. The number of benzene rings is 1. The second-order valence-electron chi connectivity index (χ2n) is 3.37. The molecule has 0 spiro atoms. The lowest BCUT2D eigenvalue weighted by Crippen LogP contribution is -1.97. The van der Waals surface area contributed by atoms with Crippen LogP contribution in [0.25, 0.3) is 0 Å². The third-order valence-electron chi connectivity index (χ3n) is 1.48. The molecule has 1 rings (SSSR count). The summed E-state index contributed by atoms with van der Waals surface area (Å²) >= 11 is 0. The number of para-hydroxylation sites is 1. The molecule has 1 aromatic rings. The summed E-state index contributed by atoms with van der Waals surface area (Å²) in [5.41, 5.74) is 0. The lowest BCUT2D eigenvalue weighted by molar-refractivity contribution is 0.251. The minimum absolute atomic E-state index is 0.364. The van der Waals surface area contributed by atoms with Gasteiger partial charge in [-0.1, -0.05) is 32.0 Å². The highest BCUT2D eigenvalue weighted by Gasteiger charge is 2.02. The van der Waals surface area contributed by atoms with E-state index in [2.05, 4.69) is 0 Å². The van der Waals surface area contributed by atoms with Crippen molar-refractivity contribution < 1.29 is 13.6 Å². The van der Waals surface area contributed by atoms with Crippen LogP contribution in [0, 0.1) is 5.92 Å². The lowest BCUT2D eigenvalue weighted by atomic mass is 10.2. The SMILES string of the molecule is CC(C)CO[PH](=O)Oc1ccccc1. The van der Waals surface area contributed by atoms with Crippen molar-refractivity contribution in [3.8, 4) is 5.75 Å². The van der Waals surface area contributed by atoms with E-state index in [1.807, 2.05) is 32.0 Å². The second-order valence-corrected chi connectivity index (χ2v) is 4.36. The first-order valence-corrected chi connectivity index (χ1v) is 5.80. The standard InChI is InChI=1S/C10H15O3P/c1-9(2)8-12-14(11)13-10-6-4-3-5-7-10/h3-7,9,14H,8H2,1-2H3. The van der Waals surface area contributed by atoms with Crippen molar-refractivity contribution in [2.45, 2.75) is 13.8 Å². The van der Waals surface area contributed by atoms with Crippen LogP contribution in [0.4, 0.5) is 0 Å². The van der Waals surface area contributed by atoms with Gasteiger partial charge in [0.05, 0.1) is 6.61 Å². The van der Waals surface area contributed by atoms with Gasteiger partial charge in [0.25, 0.3) is 0 Å². The van der Waals surface area contributed by atoms with Crippen LogP contribution in [0.15, 0.2) is 30.3 Å². The smallest absolute Gasteiger partial charge is 0.367 e. The molecule has 14 heavy (non-hydrogen) atoms. The average Bonchev–Trinajstić information content (AvgIpc) is 2.16. The van der Waals surface area contributed by atoms with Crippen molar-refractivity contribution >= 4 is 8.25 Å². The largest absolute Gasteiger partial charge is 0.426 e. The summed E-state index contributed by atoms with van der Waals surface area (Å²) in [5, 5.41) is 0. The zero-order valence-electron chi connectivity index (χ0n) is 8.40. The molecule has 0 aliphatic rings. The summed E-state index contributed by atoms with van der Waals surface area (Å²) in [6, 6.07) is 9.03. The van der Waals surface area contributed by atoms with E-state index in [-0.39, 0.29) is 0 Å². The van der Waals surface area contributed by atoms with E-state index in [1.54, 1.807) is 12.1 Å². The summed E-state index contributed by atoms with van der Waals surface area (Å²) in [5.74, 6) is 0.948. The Balaban J connectivity index is 2.35. The summed E-state index contributed by atoms with van der Waals surface area (Å²) in [7, 11) is -2.39. The van der Waals surface area contributed by atoms with Gasteiger partial charge in [-0.15, -0.1) is 0 Å². The quantitative estimate of drug-likeness (QED) is 0.706. The Morgan fingerprint density at radius 2 is 1.93 bits per heavy atom. The molecule has 1 atom stereocenters. The predicted octanol–water partition coefficient (Wildman–Crippen LogP) is 3.13. The lowest BCUT2D eigenvalue weighted by Gasteiger charge is -2.07. The number of rotatable bonds is 5. The van der Waals surface area contributed by atoms with E-state index in [0.717, 1.165) is 0 Å². The van der Waals surface area contributed by atoms with Crippen LogP contribution in [-0.2, 0) is 9.09 Å². The van der Waals surface area contributed by atoms with Gasteiger partial charge >= 0.3 is 8.25 Å². The molecule has 0 aliphatic carbocycles. The summed E-state index contributed by atoms with van der Waals surface area (Å²) < 4.78 is 21.4. The van der Waals surface area contributed by atoms with Crippen LogP contribution in [0.5, 0.6) is 5.75 Å². The molecule has 0 aliphatic heterocycles. The highest BCUT2D eigenvalue weighted by molar-refractivity contribution is 7.33. The predicted molar refractivity (Wildman–Crippen MR) is 56.9 cm³/mol. The molecule has 1 unspecified atom stereocenters. The van der Waals surface area contributed by atoms with E-state index in [0.29, 0.717) is 18.3 Å². The third kappa shape index (κ3) is 4.45. The van der Waals surface area contributed by atoms with Crippen molar-refractivity contribution in [1.82, 2.24) is 0 Å². The van der Waals surface area contributed by atoms with Crippen molar-refractivity contribution in [2.75, 3.05) is 6.61 Å². The fraction of sp³-hybridized carbons (Fsp3) is 0.400. The van der Waals surface area contributed by atoms with Crippen LogP contribution in [0.3, 0.4) is 0 Å². The van der Waals surface area contributed by atoms with Crippen molar-refractivity contribution in [3.05, 3.63) is 30.3 Å². The van der Waals surface area contributed by atoms with Gasteiger partial charge < -0.3 is 9.05 Å². The topological polar surface area (TPSA) is 35.5 Å². The maximum Gasteiger partial charge on any atom is 0.367 e. The van der Waals surface area contributed by atoms with Gasteiger partial charge in [-0.3, -0.25) is 0 Å². The Kier molecular flexibility index (Phi) is 4.71. The molecule has 0 saturated carbocycles. The van der Waals surface area contributed by atoms with E-state index in [1.165, 1.54) is 0 Å². The van der Waals surface area contributed by atoms with Crippen molar-refractivity contribution in [1.29, 1.82) is 0 Å². The molecular formula is C10H15O3P. The minimum Gasteiger partial charge on any atom is -0.426 e. The monoisotopic (exact) mass is 214 g/mol. The molecule has 0 N–H and O–H groups in total. The molecule has 0 bridgehead atoms. The van der Waals surface area contributed by atoms with E-state index in [9.17, 15) is 4.57 Å². The zero-order valence-corrected chi connectivity index (χ0v) is 9.40. The van der Waals surface area contributed by atoms with Gasteiger partial charge in [-0.25, -0.2) is 4.57 Å². The van der Waals surface area contributed by atoms with Gasteiger partial charge in [0, 0.05) is 0 Å². The molecule has 0 aromatic heterocycles. The summed E-state index contributed by atoms with van der Waals surface area (Å²) in [6.07, 6.45) is 0. The van der Waals surface area contributed by atoms with E-state index >= 15 is 0 Å². The first-order chi connectivity index (χ1) is 6.68. The minimum atomic E-state index is -2.39. The van der Waals surface area contributed by atoms with Gasteiger partial charge in [0.1, 0.15) is 5.75 Å². The van der Waals surface area contributed by atoms with E-state index < -0.39 is 8.25 Å². The average molecular weight is 214 g/mol. The van der Waals surface area contributed by atoms with Crippen molar-refractivity contribution in [2.24, 2.45) is 5.92 Å².